The number of nitrogens with zero attached hydrogens (tertiary/aromatic N) is 6. The number of para-hydroxylation sites is 2. The van der Waals surface area contributed by atoms with Gasteiger partial charge in [0.05, 0.1) is 26.3 Å². The average Bonchev–Trinajstić information content (AvgIpc) is 3.36. The van der Waals surface area contributed by atoms with Crippen LogP contribution in [0.15, 0.2) is 35.7 Å². The molecule has 1 fully saturated rings. The lowest BCUT2D eigenvalue weighted by atomic mass is 9.97. The van der Waals surface area contributed by atoms with Crippen molar-refractivity contribution >= 4 is 28.2 Å². The summed E-state index contributed by atoms with van der Waals surface area (Å²) in [4.78, 5) is 30.5. The minimum atomic E-state index is -0.188. The van der Waals surface area contributed by atoms with Gasteiger partial charge in [0.1, 0.15) is 23.9 Å². The molecule has 0 aliphatic carbocycles. The number of nitriles is 1. The van der Waals surface area contributed by atoms with Crippen molar-refractivity contribution in [2.45, 2.75) is 25.7 Å². The van der Waals surface area contributed by atoms with E-state index in [2.05, 4.69) is 26.3 Å². The van der Waals surface area contributed by atoms with Crippen molar-refractivity contribution in [1.29, 1.82) is 5.26 Å². The number of carbonyl (C=O) groups is 1. The first-order chi connectivity index (χ1) is 18.0. The Morgan fingerprint density at radius 3 is 2.89 bits per heavy atom. The minimum Gasteiger partial charge on any atom is -0.493 e. The van der Waals surface area contributed by atoms with E-state index in [1.165, 1.54) is 11.3 Å². The van der Waals surface area contributed by atoms with Gasteiger partial charge in [0.2, 0.25) is 0 Å². The Balaban J connectivity index is 1.35. The van der Waals surface area contributed by atoms with Crippen LogP contribution < -0.4 is 14.8 Å². The first-order valence-electron chi connectivity index (χ1n) is 12.2. The summed E-state index contributed by atoms with van der Waals surface area (Å²) in [5.74, 6) is 2.70. The van der Waals surface area contributed by atoms with Crippen LogP contribution in [0, 0.1) is 18.3 Å². The number of hydrogen-bond donors (Lipinski definition) is 1. The maximum atomic E-state index is 12.9. The number of ether oxygens (including phenoxy) is 2. The number of piperidine rings is 1. The molecule has 2 aromatic heterocycles. The molecule has 1 N–H and O–H groups in total. The molecule has 10 nitrogen and oxygen atoms in total. The second kappa shape index (κ2) is 12.5. The van der Waals surface area contributed by atoms with E-state index in [9.17, 15) is 4.79 Å². The first kappa shape index (κ1) is 26.3. The molecule has 0 radical (unpaired) electrons. The Hall–Kier alpha value is -3.75. The molecule has 0 spiro atoms. The predicted octanol–water partition coefficient (Wildman–Crippen LogP) is 3.85. The van der Waals surface area contributed by atoms with Gasteiger partial charge in [-0.15, -0.1) is 11.3 Å². The Morgan fingerprint density at radius 1 is 1.30 bits per heavy atom. The standard InChI is InChI=1S/C26H31N7O3S/c1-18-15-23(30-24(28-18)19-7-6-11-33(16-19)12-10-27)31-26-29-20(17-37-26)25(34)32(2)13-14-36-22-9-5-4-8-21(22)35-3/h4-5,8-9,15,17,19H,6-7,11-14,16H2,1-3H3,(H,28,29,30,31)/t19-/m1/s1. The molecular formula is C26H31N7O3S. The lowest BCUT2D eigenvalue weighted by Crippen LogP contribution is -2.35. The zero-order chi connectivity index (χ0) is 26.2. The molecule has 3 heterocycles. The summed E-state index contributed by atoms with van der Waals surface area (Å²) in [5.41, 5.74) is 1.21. The molecule has 11 heteroatoms. The highest BCUT2D eigenvalue weighted by molar-refractivity contribution is 7.14. The molecule has 4 rings (SSSR count). The quantitative estimate of drug-likeness (QED) is 0.397. The number of likely N-dealkylation sites (N-methyl/N-ethyl adjacent to an activating group) is 1. The molecular weight excluding hydrogens is 490 g/mol. The van der Waals surface area contributed by atoms with Crippen molar-refractivity contribution in [3.05, 3.63) is 52.9 Å². The van der Waals surface area contributed by atoms with Gasteiger partial charge in [-0.2, -0.15) is 5.26 Å². The summed E-state index contributed by atoms with van der Waals surface area (Å²) in [6.07, 6.45) is 2.01. The molecule has 37 heavy (non-hydrogen) atoms. The Kier molecular flexibility index (Phi) is 8.87. The van der Waals surface area contributed by atoms with Crippen molar-refractivity contribution < 1.29 is 14.3 Å². The van der Waals surface area contributed by atoms with Crippen LogP contribution in [0.1, 0.15) is 40.8 Å². The number of amides is 1. The molecule has 1 saturated heterocycles. The highest BCUT2D eigenvalue weighted by atomic mass is 32.1. The van der Waals surface area contributed by atoms with Crippen LogP contribution in [-0.2, 0) is 0 Å². The molecule has 0 bridgehead atoms. The van der Waals surface area contributed by atoms with Crippen molar-refractivity contribution in [2.24, 2.45) is 0 Å². The van der Waals surface area contributed by atoms with Crippen LogP contribution in [0.2, 0.25) is 0 Å². The van der Waals surface area contributed by atoms with E-state index in [4.69, 9.17) is 19.7 Å². The number of aryl methyl sites for hydroxylation is 1. The fourth-order valence-corrected chi connectivity index (χ4v) is 4.91. The lowest BCUT2D eigenvalue weighted by molar-refractivity contribution is 0.0768. The first-order valence-corrected chi connectivity index (χ1v) is 13.0. The fraction of sp³-hybridized carbons (Fsp3) is 0.423. The number of thiazole rings is 1. The largest absolute Gasteiger partial charge is 0.493 e. The van der Waals surface area contributed by atoms with Gasteiger partial charge in [0.25, 0.3) is 5.91 Å². The maximum Gasteiger partial charge on any atom is 0.273 e. The maximum absolute atomic E-state index is 12.9. The number of benzene rings is 1. The lowest BCUT2D eigenvalue weighted by Gasteiger charge is -2.30. The SMILES string of the molecule is COc1ccccc1OCCN(C)C(=O)c1csc(Nc2cc(C)nc([C@@H]3CCCN(CC#N)C3)n2)n1. The van der Waals surface area contributed by atoms with Crippen molar-refractivity contribution in [2.75, 3.05) is 52.3 Å². The topological polar surface area (TPSA) is 116 Å². The van der Waals surface area contributed by atoms with Crippen LogP contribution in [0.4, 0.5) is 10.9 Å². The van der Waals surface area contributed by atoms with E-state index in [-0.39, 0.29) is 11.8 Å². The van der Waals surface area contributed by atoms with Gasteiger partial charge in [-0.3, -0.25) is 9.69 Å². The molecule has 1 aliphatic heterocycles. The van der Waals surface area contributed by atoms with Gasteiger partial charge in [0, 0.05) is 36.7 Å². The van der Waals surface area contributed by atoms with Gasteiger partial charge in [-0.05, 0) is 38.4 Å². The summed E-state index contributed by atoms with van der Waals surface area (Å²) in [5, 5.41) is 14.6. The molecule has 1 amide bonds. The monoisotopic (exact) mass is 521 g/mol. The van der Waals surface area contributed by atoms with Crippen molar-refractivity contribution in [1.82, 2.24) is 24.8 Å². The minimum absolute atomic E-state index is 0.183. The summed E-state index contributed by atoms with van der Waals surface area (Å²) < 4.78 is 11.1. The average molecular weight is 522 g/mol. The molecule has 3 aromatic rings. The molecule has 1 aliphatic rings. The fourth-order valence-electron chi connectivity index (χ4n) is 4.21. The third-order valence-corrected chi connectivity index (χ3v) is 6.85. The third-order valence-electron chi connectivity index (χ3n) is 6.09. The summed E-state index contributed by atoms with van der Waals surface area (Å²) >= 11 is 1.35. The number of methoxy groups -OCH3 is 1. The Bertz CT molecular complexity index is 1260. The Morgan fingerprint density at radius 2 is 2.11 bits per heavy atom. The van der Waals surface area contributed by atoms with E-state index in [0.717, 1.165) is 37.4 Å². The number of carbonyl (C=O) groups excluding carboxylic acids is 1. The van der Waals surface area contributed by atoms with Gasteiger partial charge in [0.15, 0.2) is 16.6 Å². The van der Waals surface area contributed by atoms with Gasteiger partial charge >= 0.3 is 0 Å². The van der Waals surface area contributed by atoms with Gasteiger partial charge in [-0.1, -0.05) is 12.1 Å². The van der Waals surface area contributed by atoms with Crippen molar-refractivity contribution in [3.63, 3.8) is 0 Å². The Labute approximate surface area is 220 Å². The highest BCUT2D eigenvalue weighted by Gasteiger charge is 2.24. The van der Waals surface area contributed by atoms with Gasteiger partial charge < -0.3 is 19.7 Å². The predicted molar refractivity (Wildman–Crippen MR) is 142 cm³/mol. The van der Waals surface area contributed by atoms with E-state index in [1.807, 2.05) is 37.3 Å². The van der Waals surface area contributed by atoms with Crippen LogP contribution in [0.25, 0.3) is 0 Å². The molecule has 0 saturated carbocycles. The second-order valence-electron chi connectivity index (χ2n) is 8.87. The normalized spacial score (nSPS) is 15.6. The molecule has 0 unspecified atom stereocenters. The van der Waals surface area contributed by atoms with Crippen LogP contribution in [0.3, 0.4) is 0 Å². The van der Waals surface area contributed by atoms with Crippen LogP contribution >= 0.6 is 11.3 Å². The highest BCUT2D eigenvalue weighted by Crippen LogP contribution is 2.28. The van der Waals surface area contributed by atoms with Crippen LogP contribution in [-0.4, -0.2) is 77.6 Å². The smallest absolute Gasteiger partial charge is 0.273 e. The van der Waals surface area contributed by atoms with Crippen molar-refractivity contribution in [3.8, 4) is 17.6 Å². The van der Waals surface area contributed by atoms with E-state index in [0.29, 0.717) is 47.8 Å². The summed E-state index contributed by atoms with van der Waals surface area (Å²) in [6.45, 7) is 4.79. The van der Waals surface area contributed by atoms with Crippen LogP contribution in [0.5, 0.6) is 11.5 Å². The van der Waals surface area contributed by atoms with Gasteiger partial charge in [-0.25, -0.2) is 15.0 Å². The summed E-state index contributed by atoms with van der Waals surface area (Å²) in [7, 11) is 3.32. The zero-order valence-corrected chi connectivity index (χ0v) is 22.1. The summed E-state index contributed by atoms with van der Waals surface area (Å²) in [6, 6.07) is 11.5. The number of anilines is 2. The molecule has 1 aromatic carbocycles. The van der Waals surface area contributed by atoms with E-state index >= 15 is 0 Å². The number of rotatable bonds is 10. The zero-order valence-electron chi connectivity index (χ0n) is 21.3. The second-order valence-corrected chi connectivity index (χ2v) is 9.73. The number of hydrogen-bond acceptors (Lipinski definition) is 10. The molecule has 194 valence electrons. The van der Waals surface area contributed by atoms with E-state index in [1.54, 1.807) is 24.4 Å². The number of likely N-dealkylation sites (tertiary alicyclic amines) is 1. The number of nitrogens with one attached hydrogen (secondary N) is 1. The molecule has 1 atom stereocenters. The third kappa shape index (κ3) is 6.93. The van der Waals surface area contributed by atoms with E-state index < -0.39 is 0 Å². The number of aromatic nitrogens is 3.